The topological polar surface area (TPSA) is 90.5 Å². The molecule has 1 aliphatic rings. The molecule has 3 atom stereocenters. The van der Waals surface area contributed by atoms with Crippen LogP contribution in [-0.4, -0.2) is 36.2 Å². The number of carbonyl (C=O) groups is 2. The van der Waals surface area contributed by atoms with E-state index in [4.69, 9.17) is 5.21 Å². The second-order valence-electron chi connectivity index (χ2n) is 5.42. The molecule has 21 heavy (non-hydrogen) atoms. The maximum Gasteiger partial charge on any atom is 0.251 e. The molecule has 6 heteroatoms. The van der Waals surface area contributed by atoms with E-state index in [9.17, 15) is 9.59 Å². The summed E-state index contributed by atoms with van der Waals surface area (Å²) in [5.41, 5.74) is 3.33. The van der Waals surface area contributed by atoms with Crippen molar-refractivity contribution >= 4 is 11.8 Å². The van der Waals surface area contributed by atoms with Gasteiger partial charge in [-0.05, 0) is 38.9 Å². The molecule has 0 saturated heterocycles. The zero-order chi connectivity index (χ0) is 15.4. The molecule has 2 amide bonds. The number of carbonyl (C=O) groups excluding carboxylic acids is 2. The van der Waals surface area contributed by atoms with Crippen LogP contribution in [0.1, 0.15) is 28.8 Å². The van der Waals surface area contributed by atoms with Crippen molar-refractivity contribution in [1.82, 2.24) is 16.1 Å². The summed E-state index contributed by atoms with van der Waals surface area (Å²) in [6.07, 6.45) is 1.39. The first-order chi connectivity index (χ1) is 10.1. The highest BCUT2D eigenvalue weighted by Gasteiger charge is 2.40. The molecule has 1 aliphatic carbocycles. The minimum Gasteiger partial charge on any atom is -0.347 e. The molecule has 0 radical (unpaired) electrons. The van der Waals surface area contributed by atoms with Gasteiger partial charge in [-0.2, -0.15) is 0 Å². The summed E-state index contributed by atoms with van der Waals surface area (Å²) in [4.78, 5) is 24.0. The number of hydrogen-bond donors (Lipinski definition) is 4. The third-order valence-electron chi connectivity index (χ3n) is 4.08. The van der Waals surface area contributed by atoms with Gasteiger partial charge in [0, 0.05) is 11.6 Å². The molecule has 0 heterocycles. The van der Waals surface area contributed by atoms with Gasteiger partial charge < -0.3 is 10.6 Å². The van der Waals surface area contributed by atoms with Gasteiger partial charge in [0.15, 0.2) is 0 Å². The highest BCUT2D eigenvalue weighted by molar-refractivity contribution is 5.95. The minimum atomic E-state index is -0.457. The summed E-state index contributed by atoms with van der Waals surface area (Å²) in [6, 6.07) is 6.94. The highest BCUT2D eigenvalue weighted by Crippen LogP contribution is 2.26. The number of nitrogens with one attached hydrogen (secondary N) is 3. The van der Waals surface area contributed by atoms with Crippen LogP contribution in [0.4, 0.5) is 0 Å². The Balaban J connectivity index is 2.12. The number of likely N-dealkylation sites (N-methyl/N-ethyl adjacent to an activating group) is 1. The first-order valence-corrected chi connectivity index (χ1v) is 7.05. The van der Waals surface area contributed by atoms with Gasteiger partial charge in [-0.25, -0.2) is 5.48 Å². The van der Waals surface area contributed by atoms with Gasteiger partial charge in [0.2, 0.25) is 5.91 Å². The molecular weight excluding hydrogens is 270 g/mol. The van der Waals surface area contributed by atoms with Crippen LogP contribution in [-0.2, 0) is 4.79 Å². The number of hydroxylamine groups is 1. The molecule has 2 unspecified atom stereocenters. The molecular formula is C15H21N3O3. The molecule has 114 valence electrons. The summed E-state index contributed by atoms with van der Waals surface area (Å²) in [6.45, 7) is 1.96. The number of aryl methyl sites for hydroxylation is 1. The van der Waals surface area contributed by atoms with Crippen molar-refractivity contribution in [2.24, 2.45) is 5.92 Å². The average Bonchev–Trinajstić information content (AvgIpc) is 2.89. The lowest BCUT2D eigenvalue weighted by molar-refractivity contribution is -0.133. The van der Waals surface area contributed by atoms with E-state index in [1.54, 1.807) is 24.7 Å². The molecule has 0 aliphatic heterocycles. The Morgan fingerprint density at radius 1 is 1.19 bits per heavy atom. The van der Waals surface area contributed by atoms with Crippen LogP contribution in [0.15, 0.2) is 24.3 Å². The number of amides is 2. The lowest BCUT2D eigenvalue weighted by Gasteiger charge is -2.24. The van der Waals surface area contributed by atoms with Crippen LogP contribution in [0, 0.1) is 12.8 Å². The van der Waals surface area contributed by atoms with Gasteiger partial charge in [-0.1, -0.05) is 17.7 Å². The van der Waals surface area contributed by atoms with Gasteiger partial charge in [0.05, 0.1) is 12.0 Å². The first-order valence-electron chi connectivity index (χ1n) is 7.05. The van der Waals surface area contributed by atoms with Crippen LogP contribution in [0.3, 0.4) is 0 Å². The molecule has 2 rings (SSSR count). The van der Waals surface area contributed by atoms with E-state index in [0.29, 0.717) is 12.0 Å². The summed E-state index contributed by atoms with van der Waals surface area (Å²) in [7, 11) is 1.80. The van der Waals surface area contributed by atoms with E-state index < -0.39 is 11.8 Å². The normalized spacial score (nSPS) is 24.6. The second-order valence-corrected chi connectivity index (χ2v) is 5.42. The maximum atomic E-state index is 12.3. The number of benzene rings is 1. The Morgan fingerprint density at radius 2 is 1.86 bits per heavy atom. The Kier molecular flexibility index (Phi) is 4.93. The quantitative estimate of drug-likeness (QED) is 0.483. The molecule has 0 bridgehead atoms. The lowest BCUT2D eigenvalue weighted by atomic mass is 10.0. The van der Waals surface area contributed by atoms with Crippen molar-refractivity contribution in [3.05, 3.63) is 35.4 Å². The van der Waals surface area contributed by atoms with E-state index >= 15 is 0 Å². The zero-order valence-electron chi connectivity index (χ0n) is 12.2. The standard InChI is InChI=1S/C15H21N3O3/c1-9-3-5-10(6-4-9)14(19)17-13-11(15(20)18-21)7-8-12(13)16-2/h3-6,11-13,16,21H,7-8H2,1-2H3,(H,17,19)(H,18,20)/t11-,12?,13?/m0/s1. The predicted molar refractivity (Wildman–Crippen MR) is 77.9 cm³/mol. The van der Waals surface area contributed by atoms with Gasteiger partial charge in [0.25, 0.3) is 5.91 Å². The monoisotopic (exact) mass is 291 g/mol. The lowest BCUT2D eigenvalue weighted by Crippen LogP contribution is -2.51. The van der Waals surface area contributed by atoms with E-state index in [1.165, 1.54) is 0 Å². The fourth-order valence-corrected chi connectivity index (χ4v) is 2.84. The molecule has 1 aromatic carbocycles. The third-order valence-corrected chi connectivity index (χ3v) is 4.08. The molecule has 6 nitrogen and oxygen atoms in total. The molecule has 0 aromatic heterocycles. The first kappa shape index (κ1) is 15.5. The third kappa shape index (κ3) is 3.40. The van der Waals surface area contributed by atoms with Gasteiger partial charge in [-0.15, -0.1) is 0 Å². The van der Waals surface area contributed by atoms with Crippen molar-refractivity contribution in [3.8, 4) is 0 Å². The highest BCUT2D eigenvalue weighted by atomic mass is 16.5. The molecule has 1 fully saturated rings. The van der Waals surface area contributed by atoms with Crippen molar-refractivity contribution in [2.75, 3.05) is 7.05 Å². The van der Waals surface area contributed by atoms with Gasteiger partial charge >= 0.3 is 0 Å². The fourth-order valence-electron chi connectivity index (χ4n) is 2.84. The molecule has 1 aromatic rings. The van der Waals surface area contributed by atoms with Crippen molar-refractivity contribution in [3.63, 3.8) is 0 Å². The van der Waals surface area contributed by atoms with E-state index in [2.05, 4.69) is 10.6 Å². The van der Waals surface area contributed by atoms with Crippen molar-refractivity contribution in [1.29, 1.82) is 0 Å². The average molecular weight is 291 g/mol. The van der Waals surface area contributed by atoms with E-state index in [-0.39, 0.29) is 18.0 Å². The second kappa shape index (κ2) is 6.69. The van der Waals surface area contributed by atoms with Crippen LogP contribution in [0.25, 0.3) is 0 Å². The molecule has 0 spiro atoms. The largest absolute Gasteiger partial charge is 0.347 e. The number of rotatable bonds is 4. The van der Waals surface area contributed by atoms with Gasteiger partial charge in [-0.3, -0.25) is 14.8 Å². The number of hydrogen-bond acceptors (Lipinski definition) is 4. The van der Waals surface area contributed by atoms with E-state index in [1.807, 2.05) is 19.1 Å². The Morgan fingerprint density at radius 3 is 2.43 bits per heavy atom. The van der Waals surface area contributed by atoms with Crippen molar-refractivity contribution in [2.45, 2.75) is 31.8 Å². The smallest absolute Gasteiger partial charge is 0.251 e. The summed E-state index contributed by atoms with van der Waals surface area (Å²) >= 11 is 0. The summed E-state index contributed by atoms with van der Waals surface area (Å²) < 4.78 is 0. The Hall–Kier alpha value is -1.92. The maximum absolute atomic E-state index is 12.3. The van der Waals surface area contributed by atoms with Crippen LogP contribution >= 0.6 is 0 Å². The summed E-state index contributed by atoms with van der Waals surface area (Å²) in [5, 5.41) is 14.8. The minimum absolute atomic E-state index is 0.0155. The fraction of sp³-hybridized carbons (Fsp3) is 0.467. The molecule has 4 N–H and O–H groups in total. The zero-order valence-corrected chi connectivity index (χ0v) is 12.2. The van der Waals surface area contributed by atoms with E-state index in [0.717, 1.165) is 12.0 Å². The summed E-state index contributed by atoms with van der Waals surface area (Å²) in [5.74, 6) is -1.10. The SMILES string of the molecule is CNC1CC[C@H](C(=O)NO)C1NC(=O)c1ccc(C)cc1. The Bertz CT molecular complexity index is 515. The van der Waals surface area contributed by atoms with Gasteiger partial charge in [0.1, 0.15) is 0 Å². The predicted octanol–water partition coefficient (Wildman–Crippen LogP) is 0.597. The van der Waals surface area contributed by atoms with Crippen LogP contribution in [0.5, 0.6) is 0 Å². The van der Waals surface area contributed by atoms with Crippen LogP contribution < -0.4 is 16.1 Å². The Labute approximate surface area is 123 Å². The van der Waals surface area contributed by atoms with Crippen molar-refractivity contribution < 1.29 is 14.8 Å². The van der Waals surface area contributed by atoms with Crippen LogP contribution in [0.2, 0.25) is 0 Å². The molecule has 1 saturated carbocycles.